The maximum atomic E-state index is 12.2. The molecule has 0 atom stereocenters. The van der Waals surface area contributed by atoms with Crippen LogP contribution >= 0.6 is 0 Å². The molecular formula is C24H24N4O3. The van der Waals surface area contributed by atoms with Crippen LogP contribution in [0.2, 0.25) is 0 Å². The van der Waals surface area contributed by atoms with Crippen LogP contribution in [0.5, 0.6) is 0 Å². The lowest BCUT2D eigenvalue weighted by molar-refractivity contribution is -0.136. The molecule has 0 saturated carbocycles. The van der Waals surface area contributed by atoms with E-state index >= 15 is 0 Å². The van der Waals surface area contributed by atoms with E-state index in [1.54, 1.807) is 19.1 Å². The first-order chi connectivity index (χ1) is 14.9. The summed E-state index contributed by atoms with van der Waals surface area (Å²) in [6.45, 7) is 3.63. The fourth-order valence-corrected chi connectivity index (χ4v) is 2.95. The lowest BCUT2D eigenvalue weighted by Crippen LogP contribution is -2.33. The average Bonchev–Trinajstić information content (AvgIpc) is 2.77. The van der Waals surface area contributed by atoms with Crippen molar-refractivity contribution < 1.29 is 14.4 Å². The molecule has 0 fully saturated rings. The number of nitrogens with one attached hydrogen (secondary N) is 3. The van der Waals surface area contributed by atoms with Gasteiger partial charge in [0.1, 0.15) is 0 Å². The van der Waals surface area contributed by atoms with Crippen LogP contribution in [0.15, 0.2) is 71.8 Å². The smallest absolute Gasteiger partial charge is 0.326 e. The summed E-state index contributed by atoms with van der Waals surface area (Å²) >= 11 is 0. The van der Waals surface area contributed by atoms with E-state index in [-0.39, 0.29) is 12.3 Å². The second-order valence-corrected chi connectivity index (χ2v) is 7.08. The number of hydrazone groups is 1. The number of carbonyl (C=O) groups excluding carboxylic acids is 3. The topological polar surface area (TPSA) is 99.7 Å². The minimum atomic E-state index is -0.908. The van der Waals surface area contributed by atoms with Gasteiger partial charge in [-0.1, -0.05) is 49.4 Å². The summed E-state index contributed by atoms with van der Waals surface area (Å²) in [7, 11) is 0. The van der Waals surface area contributed by atoms with Crippen LogP contribution in [-0.4, -0.2) is 23.4 Å². The van der Waals surface area contributed by atoms with E-state index in [4.69, 9.17) is 0 Å². The standard InChI is InChI=1S/C24H24N4O3/c1-3-17-8-11-20(12-9-17)26-23(30)24(31)28-27-16(2)14-22(29)25-21-13-10-18-6-4-5-7-19(18)15-21/h4-13,15H,3,14H2,1-2H3,(H,25,29)(H,26,30)(H,28,31)/b27-16+. The molecule has 0 radical (unpaired) electrons. The van der Waals surface area contributed by atoms with Gasteiger partial charge in [-0.3, -0.25) is 14.4 Å². The van der Waals surface area contributed by atoms with Crippen molar-refractivity contribution in [1.82, 2.24) is 5.43 Å². The SMILES string of the molecule is CCc1ccc(NC(=O)C(=O)N/N=C(\C)CC(=O)Nc2ccc3ccccc3c2)cc1. The van der Waals surface area contributed by atoms with E-state index in [2.05, 4.69) is 21.2 Å². The van der Waals surface area contributed by atoms with Crippen molar-refractivity contribution in [3.63, 3.8) is 0 Å². The molecule has 158 valence electrons. The summed E-state index contributed by atoms with van der Waals surface area (Å²) in [6.07, 6.45) is 0.865. The quantitative estimate of drug-likeness (QED) is 0.323. The fraction of sp³-hybridized carbons (Fsp3) is 0.167. The maximum Gasteiger partial charge on any atom is 0.329 e. The second kappa shape index (κ2) is 10.2. The van der Waals surface area contributed by atoms with Crippen molar-refractivity contribution >= 4 is 45.6 Å². The Kier molecular flexibility index (Phi) is 7.11. The first-order valence-electron chi connectivity index (χ1n) is 9.96. The zero-order valence-corrected chi connectivity index (χ0v) is 17.4. The minimum absolute atomic E-state index is 0.0206. The zero-order chi connectivity index (χ0) is 22.2. The summed E-state index contributed by atoms with van der Waals surface area (Å²) in [5.74, 6) is -2.01. The highest BCUT2D eigenvalue weighted by atomic mass is 16.2. The van der Waals surface area contributed by atoms with Crippen molar-refractivity contribution in [2.24, 2.45) is 5.10 Å². The fourth-order valence-electron chi connectivity index (χ4n) is 2.95. The Balaban J connectivity index is 1.49. The van der Waals surface area contributed by atoms with Crippen molar-refractivity contribution in [3.05, 3.63) is 72.3 Å². The van der Waals surface area contributed by atoms with E-state index in [1.807, 2.05) is 61.5 Å². The van der Waals surface area contributed by atoms with Gasteiger partial charge >= 0.3 is 11.8 Å². The third-order valence-corrected chi connectivity index (χ3v) is 4.62. The van der Waals surface area contributed by atoms with Crippen LogP contribution in [0.4, 0.5) is 11.4 Å². The molecule has 7 nitrogen and oxygen atoms in total. The Morgan fingerprint density at radius 3 is 2.19 bits per heavy atom. The first-order valence-corrected chi connectivity index (χ1v) is 9.96. The molecule has 7 heteroatoms. The highest BCUT2D eigenvalue weighted by molar-refractivity contribution is 6.39. The Labute approximate surface area is 180 Å². The summed E-state index contributed by atoms with van der Waals surface area (Å²) in [6, 6.07) is 20.7. The largest absolute Gasteiger partial charge is 0.329 e. The van der Waals surface area contributed by atoms with Gasteiger partial charge in [0.25, 0.3) is 0 Å². The van der Waals surface area contributed by atoms with E-state index in [0.29, 0.717) is 17.1 Å². The summed E-state index contributed by atoms with van der Waals surface area (Å²) in [5.41, 5.74) is 4.87. The molecule has 3 aromatic rings. The Hall–Kier alpha value is -4.00. The number of aryl methyl sites for hydroxylation is 1. The number of benzene rings is 3. The third kappa shape index (κ3) is 6.24. The Morgan fingerprint density at radius 2 is 1.48 bits per heavy atom. The molecule has 0 aliphatic rings. The zero-order valence-electron chi connectivity index (χ0n) is 17.4. The molecular weight excluding hydrogens is 392 g/mol. The molecule has 0 saturated heterocycles. The highest BCUT2D eigenvalue weighted by Crippen LogP contribution is 2.19. The normalized spacial score (nSPS) is 11.1. The van der Waals surface area contributed by atoms with Gasteiger partial charge in [-0.05, 0) is 53.9 Å². The summed E-state index contributed by atoms with van der Waals surface area (Å²) in [5, 5.41) is 11.3. The molecule has 0 spiro atoms. The molecule has 3 aromatic carbocycles. The van der Waals surface area contributed by atoms with Crippen molar-refractivity contribution in [2.45, 2.75) is 26.7 Å². The average molecular weight is 416 g/mol. The van der Waals surface area contributed by atoms with Crippen LogP contribution in [-0.2, 0) is 20.8 Å². The number of carbonyl (C=O) groups is 3. The number of nitrogens with zero attached hydrogens (tertiary/aromatic N) is 1. The molecule has 0 heterocycles. The number of rotatable bonds is 6. The maximum absolute atomic E-state index is 12.2. The Bertz CT molecular complexity index is 1140. The monoisotopic (exact) mass is 416 g/mol. The van der Waals surface area contributed by atoms with Gasteiger partial charge in [-0.2, -0.15) is 5.10 Å². The molecule has 0 aliphatic heterocycles. The minimum Gasteiger partial charge on any atom is -0.326 e. The van der Waals surface area contributed by atoms with Crippen molar-refractivity contribution in [1.29, 1.82) is 0 Å². The van der Waals surface area contributed by atoms with Gasteiger partial charge in [0.2, 0.25) is 5.91 Å². The van der Waals surface area contributed by atoms with Gasteiger partial charge in [-0.25, -0.2) is 5.43 Å². The van der Waals surface area contributed by atoms with E-state index in [0.717, 1.165) is 22.8 Å². The van der Waals surface area contributed by atoms with Crippen LogP contribution in [0.25, 0.3) is 10.8 Å². The number of hydrogen-bond donors (Lipinski definition) is 3. The van der Waals surface area contributed by atoms with Crippen LogP contribution < -0.4 is 16.1 Å². The van der Waals surface area contributed by atoms with Gasteiger partial charge in [0.05, 0.1) is 6.42 Å². The number of fused-ring (bicyclic) bond motifs is 1. The number of amides is 3. The predicted molar refractivity (Wildman–Crippen MR) is 123 cm³/mol. The van der Waals surface area contributed by atoms with Gasteiger partial charge in [-0.15, -0.1) is 0 Å². The Morgan fingerprint density at radius 1 is 0.806 bits per heavy atom. The van der Waals surface area contributed by atoms with Gasteiger partial charge < -0.3 is 10.6 Å². The number of hydrogen-bond acceptors (Lipinski definition) is 4. The lowest BCUT2D eigenvalue weighted by Gasteiger charge is -2.07. The molecule has 0 aromatic heterocycles. The summed E-state index contributed by atoms with van der Waals surface area (Å²) < 4.78 is 0. The van der Waals surface area contributed by atoms with Crippen LogP contribution in [0.1, 0.15) is 25.8 Å². The van der Waals surface area contributed by atoms with Crippen LogP contribution in [0.3, 0.4) is 0 Å². The second-order valence-electron chi connectivity index (χ2n) is 7.08. The summed E-state index contributed by atoms with van der Waals surface area (Å²) in [4.78, 5) is 36.2. The van der Waals surface area contributed by atoms with Gasteiger partial charge in [0, 0.05) is 17.1 Å². The highest BCUT2D eigenvalue weighted by Gasteiger charge is 2.13. The molecule has 3 amide bonds. The van der Waals surface area contributed by atoms with E-state index < -0.39 is 11.8 Å². The molecule has 31 heavy (non-hydrogen) atoms. The lowest BCUT2D eigenvalue weighted by atomic mass is 10.1. The molecule has 0 bridgehead atoms. The van der Waals surface area contributed by atoms with E-state index in [1.165, 1.54) is 0 Å². The molecule has 3 rings (SSSR count). The third-order valence-electron chi connectivity index (χ3n) is 4.62. The van der Waals surface area contributed by atoms with Crippen LogP contribution in [0, 0.1) is 0 Å². The molecule has 3 N–H and O–H groups in total. The first kappa shape index (κ1) is 21.7. The predicted octanol–water partition coefficient (Wildman–Crippen LogP) is 3.86. The van der Waals surface area contributed by atoms with Gasteiger partial charge in [0.15, 0.2) is 0 Å². The van der Waals surface area contributed by atoms with E-state index in [9.17, 15) is 14.4 Å². The van der Waals surface area contributed by atoms with Crippen molar-refractivity contribution in [2.75, 3.05) is 10.6 Å². The molecule has 0 unspecified atom stereocenters. The number of anilines is 2. The molecule has 0 aliphatic carbocycles. The van der Waals surface area contributed by atoms with Crippen molar-refractivity contribution in [3.8, 4) is 0 Å².